The first-order chi connectivity index (χ1) is 26.1. The smallest absolute Gasteiger partial charge is 0.394 e. The van der Waals surface area contributed by atoms with Gasteiger partial charge in [0.1, 0.15) is 29.6 Å². The molecule has 0 bridgehead atoms. The lowest BCUT2D eigenvalue weighted by atomic mass is 9.93. The van der Waals surface area contributed by atoms with Gasteiger partial charge in [-0.3, -0.25) is 18.9 Å². The van der Waals surface area contributed by atoms with Crippen LogP contribution < -0.4 is 15.8 Å². The van der Waals surface area contributed by atoms with Gasteiger partial charge in [-0.15, -0.1) is 0 Å². The van der Waals surface area contributed by atoms with E-state index in [2.05, 4.69) is 37.1 Å². The molecule has 0 unspecified atom stereocenters. The molecule has 0 fully saturated rings. The van der Waals surface area contributed by atoms with Gasteiger partial charge in [-0.1, -0.05) is 25.0 Å². The summed E-state index contributed by atoms with van der Waals surface area (Å²) in [5.74, 6) is -2.72. The maximum absolute atomic E-state index is 15.2. The van der Waals surface area contributed by atoms with Crippen LogP contribution in [-0.2, 0) is 46.9 Å². The highest BCUT2D eigenvalue weighted by atomic mass is 32.2. The normalized spacial score (nSPS) is 16.2. The Morgan fingerprint density at radius 3 is 2.45 bits per heavy atom. The van der Waals surface area contributed by atoms with E-state index in [0.717, 1.165) is 18.4 Å². The minimum atomic E-state index is -5.10. The molecule has 5 N–H and O–H groups in total. The molecule has 3 aromatic heterocycles. The summed E-state index contributed by atoms with van der Waals surface area (Å²) in [5, 5.41) is 20.0. The number of aliphatic hydroxyl groups is 1. The van der Waals surface area contributed by atoms with Gasteiger partial charge in [-0.05, 0) is 54.2 Å². The van der Waals surface area contributed by atoms with Gasteiger partial charge in [0.2, 0.25) is 15.9 Å². The molecule has 12 nitrogen and oxygen atoms in total. The lowest BCUT2D eigenvalue weighted by Gasteiger charge is -2.23. The average molecular weight is 807 g/mol. The van der Waals surface area contributed by atoms with E-state index >= 15 is 8.78 Å². The van der Waals surface area contributed by atoms with E-state index in [1.54, 1.807) is 18.2 Å². The summed E-state index contributed by atoms with van der Waals surface area (Å²) in [6, 6.07) is 8.01. The molecule has 1 aliphatic carbocycles. The fourth-order valence-electron chi connectivity index (χ4n) is 6.85. The first kappa shape index (κ1) is 40.2. The number of nitrogens with zero attached hydrogens (tertiary/aromatic N) is 5. The van der Waals surface area contributed by atoms with E-state index in [4.69, 9.17) is 5.73 Å². The number of hydrogen-bond acceptors (Lipinski definition) is 8. The molecular formula is C36H33F7N8O4S. The molecule has 3 heterocycles. The number of amides is 1. The van der Waals surface area contributed by atoms with Crippen molar-refractivity contribution in [3.05, 3.63) is 94.1 Å². The van der Waals surface area contributed by atoms with Crippen molar-refractivity contribution >= 4 is 32.7 Å². The summed E-state index contributed by atoms with van der Waals surface area (Å²) in [4.78, 5) is 18.5. The lowest BCUT2D eigenvalue weighted by Crippen LogP contribution is -2.35. The van der Waals surface area contributed by atoms with Crippen molar-refractivity contribution in [3.63, 3.8) is 0 Å². The van der Waals surface area contributed by atoms with Crippen LogP contribution >= 0.6 is 0 Å². The highest BCUT2D eigenvalue weighted by Crippen LogP contribution is 2.52. The molecule has 0 spiro atoms. The van der Waals surface area contributed by atoms with E-state index in [9.17, 15) is 40.3 Å². The maximum atomic E-state index is 15.2. The average Bonchev–Trinajstić information content (AvgIpc) is 3.71. The summed E-state index contributed by atoms with van der Waals surface area (Å²) < 4.78 is 130. The van der Waals surface area contributed by atoms with E-state index in [1.807, 2.05) is 0 Å². The number of aromatic nitrogens is 5. The number of alkyl halides is 5. The molecule has 3 atom stereocenters. The Morgan fingerprint density at radius 1 is 1.11 bits per heavy atom. The molecular weight excluding hydrogens is 774 g/mol. The largest absolute Gasteiger partial charge is 0.435 e. The molecule has 20 heteroatoms. The van der Waals surface area contributed by atoms with Crippen LogP contribution in [0.4, 0.5) is 36.6 Å². The highest BCUT2D eigenvalue weighted by Gasteiger charge is 2.53. The molecule has 0 saturated heterocycles. The zero-order valence-corrected chi connectivity index (χ0v) is 30.5. The van der Waals surface area contributed by atoms with Crippen LogP contribution in [0.15, 0.2) is 48.5 Å². The standard InChI is InChI=1S/C36H33F7N8O4S/c1-18-15-35(39,40)33-29(18)32(36(41,42)43)47-51(33)16-28(53)46-27(13-19-11-20(37)14-21(38)12-19)30-24(10-9-23(45-30)8-7-22(44)17-52)25-5-4-6-26-31(25)50(2)48-34(26)49-56(3,54)55/h4-6,9-12,14,18,22,27,52H,13,15-17,44H2,1-3H3,(H,46,53)(H,48,49)/t18-,22+,27-/m0/s1. The van der Waals surface area contributed by atoms with Crippen molar-refractivity contribution < 1.29 is 49.1 Å². The molecule has 1 amide bonds. The van der Waals surface area contributed by atoms with Gasteiger partial charge in [-0.2, -0.15) is 32.1 Å². The number of fused-ring (bicyclic) bond motifs is 2. The summed E-state index contributed by atoms with van der Waals surface area (Å²) in [6.07, 6.45) is -5.49. The van der Waals surface area contributed by atoms with Gasteiger partial charge in [0, 0.05) is 41.6 Å². The number of aliphatic hydroxyl groups excluding tert-OH is 1. The Kier molecular flexibility index (Phi) is 10.7. The zero-order valence-electron chi connectivity index (χ0n) is 29.7. The third-order valence-corrected chi connectivity index (χ3v) is 9.49. The van der Waals surface area contributed by atoms with Gasteiger partial charge >= 0.3 is 6.18 Å². The number of nitrogens with one attached hydrogen (secondary N) is 2. The zero-order chi connectivity index (χ0) is 40.9. The Bertz CT molecular complexity index is 2510. The molecule has 1 aliphatic rings. The van der Waals surface area contributed by atoms with Gasteiger partial charge in [-0.25, -0.2) is 22.2 Å². The first-order valence-corrected chi connectivity index (χ1v) is 18.7. The Labute approximate surface area is 315 Å². The number of pyridine rings is 1. The number of sulfonamides is 1. The molecule has 0 aliphatic heterocycles. The number of rotatable bonds is 10. The van der Waals surface area contributed by atoms with Crippen LogP contribution in [0, 0.1) is 23.5 Å². The van der Waals surface area contributed by atoms with Crippen molar-refractivity contribution in [1.82, 2.24) is 29.9 Å². The van der Waals surface area contributed by atoms with Crippen LogP contribution in [0.2, 0.25) is 0 Å². The van der Waals surface area contributed by atoms with Crippen molar-refractivity contribution in [1.29, 1.82) is 0 Å². The molecule has 6 rings (SSSR count). The van der Waals surface area contributed by atoms with Crippen LogP contribution in [-0.4, -0.2) is 62.9 Å². The number of carbonyl (C=O) groups is 1. The van der Waals surface area contributed by atoms with Crippen LogP contribution in [0.5, 0.6) is 0 Å². The summed E-state index contributed by atoms with van der Waals surface area (Å²) in [5.41, 5.74) is 3.47. The number of carbonyl (C=O) groups excluding carboxylic acids is 1. The molecule has 5 aromatic rings. The van der Waals surface area contributed by atoms with Crippen molar-refractivity contribution in [2.45, 2.75) is 56.4 Å². The van der Waals surface area contributed by atoms with Crippen LogP contribution in [0.1, 0.15) is 59.2 Å². The Balaban J connectivity index is 1.52. The van der Waals surface area contributed by atoms with Crippen LogP contribution in [0.3, 0.4) is 0 Å². The monoisotopic (exact) mass is 806 g/mol. The fourth-order valence-corrected chi connectivity index (χ4v) is 7.35. The topological polar surface area (TPSA) is 170 Å². The van der Waals surface area contributed by atoms with E-state index in [0.29, 0.717) is 27.2 Å². The number of aryl methyl sites for hydroxylation is 1. The van der Waals surface area contributed by atoms with E-state index < -0.39 is 101 Å². The third kappa shape index (κ3) is 8.34. The molecule has 0 radical (unpaired) electrons. The van der Waals surface area contributed by atoms with Crippen molar-refractivity contribution in [2.75, 3.05) is 17.6 Å². The second kappa shape index (κ2) is 14.9. The number of hydrogen-bond donors (Lipinski definition) is 4. The Morgan fingerprint density at radius 2 is 1.80 bits per heavy atom. The van der Waals surface area contributed by atoms with E-state index in [1.165, 1.54) is 30.8 Å². The first-order valence-electron chi connectivity index (χ1n) is 16.8. The van der Waals surface area contributed by atoms with Crippen molar-refractivity contribution in [3.8, 4) is 23.0 Å². The summed E-state index contributed by atoms with van der Waals surface area (Å²) >= 11 is 0. The second-order valence-corrected chi connectivity index (χ2v) is 15.2. The van der Waals surface area contributed by atoms with Gasteiger partial charge < -0.3 is 16.2 Å². The second-order valence-electron chi connectivity index (χ2n) is 13.4. The highest BCUT2D eigenvalue weighted by molar-refractivity contribution is 7.92. The number of nitrogens with two attached hydrogens (primary N) is 1. The fraction of sp³-hybridized carbons (Fsp3) is 0.333. The Hall–Kier alpha value is -5.52. The number of para-hydroxylation sites is 1. The molecule has 296 valence electrons. The summed E-state index contributed by atoms with van der Waals surface area (Å²) in [6.45, 7) is -0.402. The van der Waals surface area contributed by atoms with E-state index in [-0.39, 0.29) is 28.3 Å². The predicted molar refractivity (Wildman–Crippen MR) is 189 cm³/mol. The molecule has 2 aromatic carbocycles. The van der Waals surface area contributed by atoms with Crippen molar-refractivity contribution in [2.24, 2.45) is 12.8 Å². The predicted octanol–water partition coefficient (Wildman–Crippen LogP) is 4.87. The number of anilines is 1. The summed E-state index contributed by atoms with van der Waals surface area (Å²) in [7, 11) is -2.25. The third-order valence-electron chi connectivity index (χ3n) is 8.92. The van der Waals surface area contributed by atoms with Gasteiger partial charge in [0.25, 0.3) is 5.92 Å². The minimum absolute atomic E-state index is 0.00239. The minimum Gasteiger partial charge on any atom is -0.394 e. The SMILES string of the molecule is C[C@H]1CC(F)(F)c2c1c(C(F)(F)F)nn2CC(=O)N[C@@H](Cc1cc(F)cc(F)c1)c1nc(C#C[C@@H](N)CO)ccc1-c1cccc2c(NS(C)(=O)=O)nn(C)c12. The maximum Gasteiger partial charge on any atom is 0.435 e. The number of halogens is 7. The molecule has 0 saturated carbocycles. The number of benzene rings is 2. The van der Waals surface area contributed by atoms with Crippen LogP contribution in [0.25, 0.3) is 22.0 Å². The molecule has 56 heavy (non-hydrogen) atoms. The lowest BCUT2D eigenvalue weighted by molar-refractivity contribution is -0.142. The van der Waals surface area contributed by atoms with Gasteiger partial charge in [0.05, 0.1) is 36.2 Å². The quantitative estimate of drug-likeness (QED) is 0.115. The van der Waals surface area contributed by atoms with Gasteiger partial charge in [0.15, 0.2) is 11.5 Å².